The van der Waals surface area contributed by atoms with Crippen molar-refractivity contribution >= 4 is 40.4 Å². The number of nitrogens with zero attached hydrogens (tertiary/aromatic N) is 3. The van der Waals surface area contributed by atoms with Gasteiger partial charge in [0.15, 0.2) is 0 Å². The van der Waals surface area contributed by atoms with Gasteiger partial charge in [0.25, 0.3) is 5.91 Å². The molecule has 3 aromatic rings. The zero-order chi connectivity index (χ0) is 18.6. The van der Waals surface area contributed by atoms with Gasteiger partial charge in [-0.2, -0.15) is 0 Å². The lowest BCUT2D eigenvalue weighted by Crippen LogP contribution is -2.36. The van der Waals surface area contributed by atoms with Crippen LogP contribution in [-0.4, -0.2) is 42.2 Å². The normalized spacial score (nSPS) is 14.2. The van der Waals surface area contributed by atoms with Crippen molar-refractivity contribution in [2.45, 2.75) is 0 Å². The van der Waals surface area contributed by atoms with Crippen molar-refractivity contribution in [1.29, 1.82) is 0 Å². The number of carbonyl (C=O) groups excluding carboxylic acids is 1. The number of carbonyl (C=O) groups is 1. The van der Waals surface area contributed by atoms with Crippen LogP contribution in [0, 0.1) is 0 Å². The first kappa shape index (κ1) is 17.9. The van der Waals surface area contributed by atoms with Crippen molar-refractivity contribution in [3.05, 3.63) is 58.7 Å². The largest absolute Gasteiger partial charge is 0.378 e. The van der Waals surface area contributed by atoms with E-state index in [0.29, 0.717) is 29.6 Å². The zero-order valence-corrected chi connectivity index (χ0v) is 16.0. The van der Waals surface area contributed by atoms with Crippen LogP contribution in [0.5, 0.6) is 0 Å². The lowest BCUT2D eigenvalue weighted by Gasteiger charge is -2.27. The quantitative estimate of drug-likeness (QED) is 0.718. The standard InChI is InChI=1S/C19H17ClN4O2S/c20-14-3-1-2-4-15(14)22-18(25)16-12-27-19(23-16)13-5-6-21-17(11-13)24-7-9-26-10-8-24/h1-6,11-12H,7-10H2,(H,22,25). The Bertz CT molecular complexity index is 956. The molecule has 1 saturated heterocycles. The number of ether oxygens (including phenoxy) is 1. The van der Waals surface area contributed by atoms with Gasteiger partial charge in [-0.15, -0.1) is 11.3 Å². The highest BCUT2D eigenvalue weighted by atomic mass is 35.5. The average molecular weight is 401 g/mol. The summed E-state index contributed by atoms with van der Waals surface area (Å²) >= 11 is 7.52. The molecule has 0 atom stereocenters. The first-order valence-corrected chi connectivity index (χ1v) is 9.77. The Morgan fingerprint density at radius 2 is 2.04 bits per heavy atom. The maximum absolute atomic E-state index is 12.5. The fourth-order valence-corrected chi connectivity index (χ4v) is 3.76. The Morgan fingerprint density at radius 3 is 2.85 bits per heavy atom. The molecule has 138 valence electrons. The van der Waals surface area contributed by atoms with Gasteiger partial charge >= 0.3 is 0 Å². The topological polar surface area (TPSA) is 67.4 Å². The summed E-state index contributed by atoms with van der Waals surface area (Å²) in [5.41, 5.74) is 1.87. The van der Waals surface area contributed by atoms with Crippen LogP contribution in [-0.2, 0) is 4.74 Å². The first-order chi connectivity index (χ1) is 13.2. The molecule has 0 unspecified atom stereocenters. The van der Waals surface area contributed by atoms with E-state index in [1.165, 1.54) is 11.3 Å². The third-order valence-electron chi connectivity index (χ3n) is 4.19. The predicted molar refractivity (Wildman–Crippen MR) is 108 cm³/mol. The molecule has 27 heavy (non-hydrogen) atoms. The van der Waals surface area contributed by atoms with E-state index in [4.69, 9.17) is 16.3 Å². The number of benzene rings is 1. The minimum atomic E-state index is -0.284. The Kier molecular flexibility index (Phi) is 5.33. The number of aromatic nitrogens is 2. The van der Waals surface area contributed by atoms with Crippen molar-refractivity contribution in [1.82, 2.24) is 9.97 Å². The van der Waals surface area contributed by atoms with Gasteiger partial charge in [-0.05, 0) is 24.3 Å². The molecule has 1 fully saturated rings. The van der Waals surface area contributed by atoms with E-state index in [0.717, 1.165) is 29.5 Å². The molecule has 0 spiro atoms. The van der Waals surface area contributed by atoms with Crippen LogP contribution in [0.2, 0.25) is 5.02 Å². The highest BCUT2D eigenvalue weighted by Crippen LogP contribution is 2.27. The number of thiazole rings is 1. The van der Waals surface area contributed by atoms with Gasteiger partial charge in [0.2, 0.25) is 0 Å². The van der Waals surface area contributed by atoms with Crippen molar-refractivity contribution in [3.63, 3.8) is 0 Å². The number of halogens is 1. The molecule has 3 heterocycles. The number of hydrogen-bond acceptors (Lipinski definition) is 6. The summed E-state index contributed by atoms with van der Waals surface area (Å²) in [5, 5.41) is 5.81. The molecule has 1 aliphatic rings. The molecule has 8 heteroatoms. The second-order valence-electron chi connectivity index (χ2n) is 5.97. The summed E-state index contributed by atoms with van der Waals surface area (Å²) in [6.07, 6.45) is 1.77. The van der Waals surface area contributed by atoms with Gasteiger partial charge < -0.3 is 15.0 Å². The third-order valence-corrected chi connectivity index (χ3v) is 5.41. The van der Waals surface area contributed by atoms with Crippen LogP contribution in [0.4, 0.5) is 11.5 Å². The molecule has 0 saturated carbocycles. The predicted octanol–water partition coefficient (Wildman–Crippen LogP) is 3.95. The van der Waals surface area contributed by atoms with Gasteiger partial charge in [-0.25, -0.2) is 9.97 Å². The highest BCUT2D eigenvalue weighted by Gasteiger charge is 2.16. The summed E-state index contributed by atoms with van der Waals surface area (Å²) in [5.74, 6) is 0.612. The molecule has 0 bridgehead atoms. The Morgan fingerprint density at radius 1 is 1.22 bits per heavy atom. The lowest BCUT2D eigenvalue weighted by molar-refractivity contribution is 0.102. The minimum Gasteiger partial charge on any atom is -0.378 e. The van der Waals surface area contributed by atoms with Crippen LogP contribution in [0.15, 0.2) is 48.0 Å². The number of para-hydroxylation sites is 1. The highest BCUT2D eigenvalue weighted by molar-refractivity contribution is 7.13. The average Bonchev–Trinajstić information content (AvgIpc) is 3.21. The molecule has 1 aromatic carbocycles. The molecule has 0 aliphatic carbocycles. The van der Waals surface area contributed by atoms with E-state index in [1.807, 2.05) is 24.3 Å². The van der Waals surface area contributed by atoms with Crippen molar-refractivity contribution in [2.24, 2.45) is 0 Å². The van der Waals surface area contributed by atoms with Gasteiger partial charge in [0, 0.05) is 30.2 Å². The number of nitrogens with one attached hydrogen (secondary N) is 1. The van der Waals surface area contributed by atoms with E-state index in [1.54, 1.807) is 23.7 Å². The molecule has 0 radical (unpaired) electrons. The third kappa shape index (κ3) is 4.10. The summed E-state index contributed by atoms with van der Waals surface area (Å²) in [6.45, 7) is 3.05. The second kappa shape index (κ2) is 8.04. The fourth-order valence-electron chi connectivity index (χ4n) is 2.78. The Labute approximate surface area is 165 Å². The van der Waals surface area contributed by atoms with E-state index in [-0.39, 0.29) is 5.91 Å². The van der Waals surface area contributed by atoms with E-state index in [9.17, 15) is 4.79 Å². The molecule has 2 aromatic heterocycles. The second-order valence-corrected chi connectivity index (χ2v) is 7.24. The number of anilines is 2. The summed E-state index contributed by atoms with van der Waals surface area (Å²) in [6, 6.07) is 11.0. The summed E-state index contributed by atoms with van der Waals surface area (Å²) < 4.78 is 5.39. The maximum atomic E-state index is 12.5. The zero-order valence-electron chi connectivity index (χ0n) is 14.4. The molecule has 1 amide bonds. The lowest BCUT2D eigenvalue weighted by atomic mass is 10.2. The maximum Gasteiger partial charge on any atom is 0.275 e. The molecule has 1 N–H and O–H groups in total. The fraction of sp³-hybridized carbons (Fsp3) is 0.211. The molecular weight excluding hydrogens is 384 g/mol. The minimum absolute atomic E-state index is 0.284. The van der Waals surface area contributed by atoms with E-state index in [2.05, 4.69) is 20.2 Å². The number of hydrogen-bond donors (Lipinski definition) is 1. The van der Waals surface area contributed by atoms with Crippen molar-refractivity contribution < 1.29 is 9.53 Å². The number of morpholine rings is 1. The van der Waals surface area contributed by atoms with Crippen LogP contribution >= 0.6 is 22.9 Å². The van der Waals surface area contributed by atoms with E-state index >= 15 is 0 Å². The summed E-state index contributed by atoms with van der Waals surface area (Å²) in [4.78, 5) is 23.6. The van der Waals surface area contributed by atoms with Crippen LogP contribution in [0.3, 0.4) is 0 Å². The van der Waals surface area contributed by atoms with E-state index < -0.39 is 0 Å². The van der Waals surface area contributed by atoms with Crippen LogP contribution in [0.1, 0.15) is 10.5 Å². The molecular formula is C19H17ClN4O2S. The van der Waals surface area contributed by atoms with Gasteiger partial charge in [0.05, 0.1) is 23.9 Å². The molecule has 1 aliphatic heterocycles. The van der Waals surface area contributed by atoms with Crippen LogP contribution < -0.4 is 10.2 Å². The monoisotopic (exact) mass is 400 g/mol. The molecule has 6 nitrogen and oxygen atoms in total. The summed E-state index contributed by atoms with van der Waals surface area (Å²) in [7, 11) is 0. The van der Waals surface area contributed by atoms with Gasteiger partial charge in [-0.1, -0.05) is 23.7 Å². The van der Waals surface area contributed by atoms with Crippen molar-refractivity contribution in [2.75, 3.05) is 36.5 Å². The number of amides is 1. The van der Waals surface area contributed by atoms with Gasteiger partial charge in [-0.3, -0.25) is 4.79 Å². The van der Waals surface area contributed by atoms with Gasteiger partial charge in [0.1, 0.15) is 16.5 Å². The number of rotatable bonds is 4. The van der Waals surface area contributed by atoms with Crippen molar-refractivity contribution in [3.8, 4) is 10.6 Å². The smallest absolute Gasteiger partial charge is 0.275 e. The first-order valence-electron chi connectivity index (χ1n) is 8.51. The SMILES string of the molecule is O=C(Nc1ccccc1Cl)c1csc(-c2ccnc(N3CCOCC3)c2)n1. The Hall–Kier alpha value is -2.48. The Balaban J connectivity index is 1.52. The molecule has 4 rings (SSSR count). The number of pyridine rings is 1. The van der Waals surface area contributed by atoms with Crippen LogP contribution in [0.25, 0.3) is 10.6 Å².